The zero-order valence-electron chi connectivity index (χ0n) is 19.2. The first-order chi connectivity index (χ1) is 16.0. The van der Waals surface area contributed by atoms with E-state index >= 15 is 0 Å². The van der Waals surface area contributed by atoms with Crippen LogP contribution in [0.4, 0.5) is 0 Å². The summed E-state index contributed by atoms with van der Waals surface area (Å²) >= 11 is 1.65. The van der Waals surface area contributed by atoms with Crippen LogP contribution in [0.1, 0.15) is 41.0 Å². The Kier molecular flexibility index (Phi) is 7.25. The average Bonchev–Trinajstić information content (AvgIpc) is 3.22. The van der Waals surface area contributed by atoms with Crippen molar-refractivity contribution >= 4 is 17.7 Å². The third kappa shape index (κ3) is 5.90. The molecule has 4 aromatic rings. The SMILES string of the molecule is CC(=O)NC(Cc1ccccc1)c1nnc(SCc2cccc(C)c2)n1-c1ccc(C)cc1. The van der Waals surface area contributed by atoms with E-state index in [1.54, 1.807) is 11.8 Å². The van der Waals surface area contributed by atoms with Crippen molar-refractivity contribution in [3.63, 3.8) is 0 Å². The van der Waals surface area contributed by atoms with E-state index in [0.717, 1.165) is 28.0 Å². The fourth-order valence-corrected chi connectivity index (χ4v) is 4.69. The van der Waals surface area contributed by atoms with E-state index in [1.807, 2.05) is 18.2 Å². The molecule has 1 atom stereocenters. The van der Waals surface area contributed by atoms with E-state index in [2.05, 4.69) is 94.6 Å². The minimum atomic E-state index is -0.299. The monoisotopic (exact) mass is 456 g/mol. The first-order valence-corrected chi connectivity index (χ1v) is 12.0. The molecule has 1 amide bonds. The fourth-order valence-electron chi connectivity index (χ4n) is 3.79. The van der Waals surface area contributed by atoms with Crippen molar-refractivity contribution < 1.29 is 4.79 Å². The van der Waals surface area contributed by atoms with Crippen LogP contribution in [-0.4, -0.2) is 20.7 Å². The number of hydrogen-bond acceptors (Lipinski definition) is 4. The molecular weight excluding hydrogens is 428 g/mol. The number of nitrogens with zero attached hydrogens (tertiary/aromatic N) is 3. The minimum absolute atomic E-state index is 0.0941. The normalized spacial score (nSPS) is 11.8. The summed E-state index contributed by atoms with van der Waals surface area (Å²) in [6.07, 6.45) is 0.632. The number of nitrogens with one attached hydrogen (secondary N) is 1. The quantitative estimate of drug-likeness (QED) is 0.351. The second kappa shape index (κ2) is 10.5. The Morgan fingerprint density at radius 2 is 1.64 bits per heavy atom. The summed E-state index contributed by atoms with van der Waals surface area (Å²) in [4.78, 5) is 12.1. The molecule has 3 aromatic carbocycles. The van der Waals surface area contributed by atoms with E-state index in [4.69, 9.17) is 0 Å². The van der Waals surface area contributed by atoms with E-state index < -0.39 is 0 Å². The summed E-state index contributed by atoms with van der Waals surface area (Å²) in [5.41, 5.74) is 5.77. The van der Waals surface area contributed by atoms with Crippen LogP contribution in [0.25, 0.3) is 5.69 Å². The van der Waals surface area contributed by atoms with Gasteiger partial charge in [0, 0.05) is 18.4 Å². The van der Waals surface area contributed by atoms with Crippen molar-refractivity contribution in [3.05, 3.63) is 107 Å². The number of aromatic nitrogens is 3. The van der Waals surface area contributed by atoms with Crippen molar-refractivity contribution in [2.75, 3.05) is 0 Å². The number of amides is 1. The van der Waals surface area contributed by atoms with Crippen LogP contribution in [-0.2, 0) is 17.0 Å². The molecule has 0 aliphatic rings. The molecule has 0 saturated heterocycles. The molecule has 168 valence electrons. The van der Waals surface area contributed by atoms with Crippen LogP contribution < -0.4 is 5.32 Å². The van der Waals surface area contributed by atoms with Crippen molar-refractivity contribution in [2.45, 2.75) is 44.1 Å². The van der Waals surface area contributed by atoms with Gasteiger partial charge in [-0.05, 0) is 43.5 Å². The van der Waals surface area contributed by atoms with Crippen molar-refractivity contribution in [3.8, 4) is 5.69 Å². The molecule has 5 nitrogen and oxygen atoms in total. The molecule has 0 aliphatic carbocycles. The van der Waals surface area contributed by atoms with Gasteiger partial charge in [-0.1, -0.05) is 89.6 Å². The lowest BCUT2D eigenvalue weighted by Gasteiger charge is -2.19. The first-order valence-electron chi connectivity index (χ1n) is 11.0. The number of rotatable bonds is 8. The minimum Gasteiger partial charge on any atom is -0.346 e. The Bertz CT molecular complexity index is 1220. The summed E-state index contributed by atoms with van der Waals surface area (Å²) in [6.45, 7) is 5.71. The topological polar surface area (TPSA) is 59.8 Å². The van der Waals surface area contributed by atoms with Gasteiger partial charge >= 0.3 is 0 Å². The van der Waals surface area contributed by atoms with Gasteiger partial charge < -0.3 is 5.32 Å². The van der Waals surface area contributed by atoms with Crippen LogP contribution >= 0.6 is 11.8 Å². The molecule has 1 aromatic heterocycles. The number of benzene rings is 3. The van der Waals surface area contributed by atoms with E-state index in [-0.39, 0.29) is 11.9 Å². The Morgan fingerprint density at radius 3 is 2.33 bits per heavy atom. The maximum Gasteiger partial charge on any atom is 0.217 e. The lowest BCUT2D eigenvalue weighted by atomic mass is 10.0. The maximum absolute atomic E-state index is 12.1. The predicted molar refractivity (Wildman–Crippen MR) is 134 cm³/mol. The third-order valence-electron chi connectivity index (χ3n) is 5.37. The highest BCUT2D eigenvalue weighted by Crippen LogP contribution is 2.29. The molecule has 1 N–H and O–H groups in total. The zero-order valence-corrected chi connectivity index (χ0v) is 20.0. The van der Waals surface area contributed by atoms with Gasteiger partial charge in [0.2, 0.25) is 5.91 Å². The van der Waals surface area contributed by atoms with Gasteiger partial charge in [0.05, 0.1) is 6.04 Å². The Balaban J connectivity index is 1.72. The molecule has 0 aliphatic heterocycles. The number of thioether (sulfide) groups is 1. The van der Waals surface area contributed by atoms with Gasteiger partial charge in [-0.25, -0.2) is 0 Å². The van der Waals surface area contributed by atoms with Crippen LogP contribution in [0, 0.1) is 13.8 Å². The van der Waals surface area contributed by atoms with E-state index in [1.165, 1.54) is 23.6 Å². The lowest BCUT2D eigenvalue weighted by molar-refractivity contribution is -0.119. The van der Waals surface area contributed by atoms with Gasteiger partial charge in [-0.15, -0.1) is 10.2 Å². The van der Waals surface area contributed by atoms with Crippen LogP contribution in [0.3, 0.4) is 0 Å². The van der Waals surface area contributed by atoms with Gasteiger partial charge in [0.1, 0.15) is 0 Å². The molecule has 0 spiro atoms. The Labute approximate surface area is 199 Å². The molecule has 0 radical (unpaired) electrons. The molecule has 6 heteroatoms. The Hall–Kier alpha value is -3.38. The van der Waals surface area contributed by atoms with E-state index in [0.29, 0.717) is 6.42 Å². The molecule has 1 heterocycles. The summed E-state index contributed by atoms with van der Waals surface area (Å²) in [5, 5.41) is 13.0. The Morgan fingerprint density at radius 1 is 0.909 bits per heavy atom. The smallest absolute Gasteiger partial charge is 0.217 e. The second-order valence-corrected chi connectivity index (χ2v) is 9.17. The number of carbonyl (C=O) groups excluding carboxylic acids is 1. The average molecular weight is 457 g/mol. The first kappa shape index (κ1) is 22.8. The molecule has 1 unspecified atom stereocenters. The largest absolute Gasteiger partial charge is 0.346 e. The van der Waals surface area contributed by atoms with Crippen molar-refractivity contribution in [1.29, 1.82) is 0 Å². The summed E-state index contributed by atoms with van der Waals surface area (Å²) in [7, 11) is 0. The fraction of sp³-hybridized carbons (Fsp3) is 0.222. The highest BCUT2D eigenvalue weighted by atomic mass is 32.2. The zero-order chi connectivity index (χ0) is 23.2. The van der Waals surface area contributed by atoms with Crippen LogP contribution in [0.5, 0.6) is 0 Å². The van der Waals surface area contributed by atoms with Gasteiger partial charge in [-0.3, -0.25) is 9.36 Å². The van der Waals surface area contributed by atoms with Crippen molar-refractivity contribution in [1.82, 2.24) is 20.1 Å². The molecule has 0 bridgehead atoms. The second-order valence-electron chi connectivity index (χ2n) is 8.23. The van der Waals surface area contributed by atoms with E-state index in [9.17, 15) is 4.79 Å². The van der Waals surface area contributed by atoms with Crippen LogP contribution in [0.15, 0.2) is 84.0 Å². The molecule has 0 fully saturated rings. The number of hydrogen-bond donors (Lipinski definition) is 1. The molecule has 0 saturated carbocycles. The van der Waals surface area contributed by atoms with Gasteiger partial charge in [-0.2, -0.15) is 0 Å². The highest BCUT2D eigenvalue weighted by molar-refractivity contribution is 7.98. The van der Waals surface area contributed by atoms with Crippen LogP contribution in [0.2, 0.25) is 0 Å². The summed E-state index contributed by atoms with van der Waals surface area (Å²) < 4.78 is 2.07. The summed E-state index contributed by atoms with van der Waals surface area (Å²) in [6, 6.07) is 26.6. The highest BCUT2D eigenvalue weighted by Gasteiger charge is 2.24. The standard InChI is InChI=1S/C27H28N4OS/c1-19-12-14-24(15-13-19)31-26(25(28-21(3)32)17-22-9-5-4-6-10-22)29-30-27(31)33-18-23-11-7-8-20(2)16-23/h4-16,25H,17-18H2,1-3H3,(H,28,32). The predicted octanol–water partition coefficient (Wildman–Crippen LogP) is 5.60. The number of carbonyl (C=O) groups is 1. The number of aryl methyl sites for hydroxylation is 2. The van der Waals surface area contributed by atoms with Gasteiger partial charge in [0.15, 0.2) is 11.0 Å². The molecule has 33 heavy (non-hydrogen) atoms. The molecule has 4 rings (SSSR count). The van der Waals surface area contributed by atoms with Gasteiger partial charge in [0.25, 0.3) is 0 Å². The third-order valence-corrected chi connectivity index (χ3v) is 6.37. The lowest BCUT2D eigenvalue weighted by Crippen LogP contribution is -2.30. The summed E-state index contributed by atoms with van der Waals surface area (Å²) in [5.74, 6) is 1.42. The maximum atomic E-state index is 12.1. The van der Waals surface area contributed by atoms with Crippen molar-refractivity contribution in [2.24, 2.45) is 0 Å². The molecular formula is C27H28N4OS.